The highest BCUT2D eigenvalue weighted by Crippen LogP contribution is 2.25. The van der Waals surface area contributed by atoms with Gasteiger partial charge in [0.15, 0.2) is 0 Å². The van der Waals surface area contributed by atoms with Gasteiger partial charge in [0.05, 0.1) is 19.1 Å². The molecule has 0 aromatic heterocycles. The van der Waals surface area contributed by atoms with E-state index in [0.29, 0.717) is 11.3 Å². The van der Waals surface area contributed by atoms with Crippen LogP contribution in [0.2, 0.25) is 0 Å². The Labute approximate surface area is 124 Å². The summed E-state index contributed by atoms with van der Waals surface area (Å²) in [5.41, 5.74) is 1.41. The SMILES string of the molecule is COc1ccc([C@H](O)[C@H](C)C(=O)Nc2ccccc2)cc1. The average Bonchev–Trinajstić information content (AvgIpc) is 2.54. The zero-order valence-corrected chi connectivity index (χ0v) is 12.1. The van der Waals surface area contributed by atoms with Crippen LogP contribution in [-0.4, -0.2) is 18.1 Å². The Balaban J connectivity index is 2.03. The molecule has 0 radical (unpaired) electrons. The number of ether oxygens (including phenoxy) is 1. The Bertz CT molecular complexity index is 581. The first-order chi connectivity index (χ1) is 10.1. The fourth-order valence-electron chi connectivity index (χ4n) is 2.01. The molecule has 2 aromatic rings. The van der Waals surface area contributed by atoms with E-state index in [1.165, 1.54) is 0 Å². The second-order valence-electron chi connectivity index (χ2n) is 4.86. The van der Waals surface area contributed by atoms with Gasteiger partial charge in [0.2, 0.25) is 5.91 Å². The monoisotopic (exact) mass is 285 g/mol. The second-order valence-corrected chi connectivity index (χ2v) is 4.86. The fraction of sp³-hybridized carbons (Fsp3) is 0.235. The molecule has 1 amide bonds. The quantitative estimate of drug-likeness (QED) is 0.888. The average molecular weight is 285 g/mol. The number of amides is 1. The maximum atomic E-state index is 12.2. The van der Waals surface area contributed by atoms with Crippen LogP contribution >= 0.6 is 0 Å². The van der Waals surface area contributed by atoms with Gasteiger partial charge < -0.3 is 15.2 Å². The molecule has 0 saturated heterocycles. The van der Waals surface area contributed by atoms with Gasteiger partial charge in [-0.15, -0.1) is 0 Å². The molecule has 0 heterocycles. The van der Waals surface area contributed by atoms with Crippen molar-refractivity contribution in [2.45, 2.75) is 13.0 Å². The van der Waals surface area contributed by atoms with Crippen LogP contribution in [0.4, 0.5) is 5.69 Å². The fourth-order valence-corrected chi connectivity index (χ4v) is 2.01. The number of hydrogen-bond donors (Lipinski definition) is 2. The highest BCUT2D eigenvalue weighted by atomic mass is 16.5. The second kappa shape index (κ2) is 6.90. The van der Waals surface area contributed by atoms with Gasteiger partial charge in [0.1, 0.15) is 5.75 Å². The summed E-state index contributed by atoms with van der Waals surface area (Å²) in [5, 5.41) is 13.1. The molecule has 0 unspecified atom stereocenters. The first-order valence-electron chi connectivity index (χ1n) is 6.79. The molecule has 21 heavy (non-hydrogen) atoms. The summed E-state index contributed by atoms with van der Waals surface area (Å²) in [6.45, 7) is 1.70. The van der Waals surface area contributed by atoms with Crippen molar-refractivity contribution in [1.82, 2.24) is 0 Å². The van der Waals surface area contributed by atoms with Crippen LogP contribution in [0.5, 0.6) is 5.75 Å². The van der Waals surface area contributed by atoms with Crippen molar-refractivity contribution in [1.29, 1.82) is 0 Å². The number of para-hydroxylation sites is 1. The number of anilines is 1. The van der Waals surface area contributed by atoms with Crippen molar-refractivity contribution in [2.75, 3.05) is 12.4 Å². The van der Waals surface area contributed by atoms with Gasteiger partial charge in [0, 0.05) is 5.69 Å². The minimum Gasteiger partial charge on any atom is -0.497 e. The van der Waals surface area contributed by atoms with Crippen LogP contribution in [0.25, 0.3) is 0 Å². The van der Waals surface area contributed by atoms with Gasteiger partial charge >= 0.3 is 0 Å². The summed E-state index contributed by atoms with van der Waals surface area (Å²) in [6, 6.07) is 16.2. The Kier molecular flexibility index (Phi) is 4.95. The number of carbonyl (C=O) groups excluding carboxylic acids is 1. The van der Waals surface area contributed by atoms with Gasteiger partial charge in [-0.1, -0.05) is 37.3 Å². The summed E-state index contributed by atoms with van der Waals surface area (Å²) in [4.78, 5) is 12.2. The van der Waals surface area contributed by atoms with E-state index in [1.807, 2.05) is 30.3 Å². The van der Waals surface area contributed by atoms with Crippen LogP contribution in [0.1, 0.15) is 18.6 Å². The van der Waals surface area contributed by atoms with Gasteiger partial charge in [-0.3, -0.25) is 4.79 Å². The number of aliphatic hydroxyl groups is 1. The van der Waals surface area contributed by atoms with Crippen molar-refractivity contribution in [3.05, 3.63) is 60.2 Å². The van der Waals surface area contributed by atoms with Gasteiger partial charge in [-0.25, -0.2) is 0 Å². The lowest BCUT2D eigenvalue weighted by molar-refractivity contribution is -0.122. The minimum absolute atomic E-state index is 0.218. The zero-order chi connectivity index (χ0) is 15.2. The maximum absolute atomic E-state index is 12.2. The molecular weight excluding hydrogens is 266 g/mol. The first kappa shape index (κ1) is 15.1. The number of methoxy groups -OCH3 is 1. The van der Waals surface area contributed by atoms with Gasteiger partial charge in [-0.05, 0) is 29.8 Å². The molecule has 2 atom stereocenters. The predicted octanol–water partition coefficient (Wildman–Crippen LogP) is 3.00. The van der Waals surface area contributed by atoms with Crippen LogP contribution < -0.4 is 10.1 Å². The number of rotatable bonds is 5. The van der Waals surface area contributed by atoms with Crippen molar-refractivity contribution in [3.8, 4) is 5.75 Å². The summed E-state index contributed by atoms with van der Waals surface area (Å²) in [6.07, 6.45) is -0.861. The summed E-state index contributed by atoms with van der Waals surface area (Å²) in [7, 11) is 1.58. The molecule has 0 saturated carbocycles. The van der Waals surface area contributed by atoms with Crippen LogP contribution in [-0.2, 0) is 4.79 Å². The molecule has 0 aliphatic rings. The summed E-state index contributed by atoms with van der Waals surface area (Å²) < 4.78 is 5.07. The van der Waals surface area contributed by atoms with Gasteiger partial charge in [-0.2, -0.15) is 0 Å². The molecule has 110 valence electrons. The largest absolute Gasteiger partial charge is 0.497 e. The predicted molar refractivity (Wildman–Crippen MR) is 82.2 cm³/mol. The van der Waals surface area contributed by atoms with E-state index in [2.05, 4.69) is 5.32 Å². The lowest BCUT2D eigenvalue weighted by atomic mass is 9.96. The zero-order valence-electron chi connectivity index (χ0n) is 12.1. The Morgan fingerprint density at radius 1 is 1.10 bits per heavy atom. The molecule has 2 N–H and O–H groups in total. The van der Waals surface area contributed by atoms with E-state index in [4.69, 9.17) is 4.74 Å². The molecule has 0 fully saturated rings. The highest BCUT2D eigenvalue weighted by molar-refractivity contribution is 5.92. The van der Waals surface area contributed by atoms with E-state index < -0.39 is 12.0 Å². The number of hydrogen-bond acceptors (Lipinski definition) is 3. The third-order valence-electron chi connectivity index (χ3n) is 3.39. The first-order valence-corrected chi connectivity index (χ1v) is 6.79. The van der Waals surface area contributed by atoms with E-state index in [0.717, 1.165) is 5.69 Å². The molecule has 0 bridgehead atoms. The Hall–Kier alpha value is -2.33. The lowest BCUT2D eigenvalue weighted by Gasteiger charge is -2.19. The van der Waals surface area contributed by atoms with E-state index in [9.17, 15) is 9.90 Å². The summed E-state index contributed by atoms with van der Waals surface area (Å²) >= 11 is 0. The highest BCUT2D eigenvalue weighted by Gasteiger charge is 2.23. The third kappa shape index (κ3) is 3.83. The van der Waals surface area contributed by atoms with Crippen LogP contribution in [0.3, 0.4) is 0 Å². The Morgan fingerprint density at radius 3 is 2.29 bits per heavy atom. The molecule has 4 heteroatoms. The van der Waals surface area contributed by atoms with Crippen molar-refractivity contribution < 1.29 is 14.6 Å². The molecule has 2 aromatic carbocycles. The smallest absolute Gasteiger partial charge is 0.230 e. The maximum Gasteiger partial charge on any atom is 0.230 e. The normalized spacial score (nSPS) is 13.3. The van der Waals surface area contributed by atoms with E-state index in [1.54, 1.807) is 38.3 Å². The standard InChI is InChI=1S/C17H19NO3/c1-12(17(20)18-14-6-4-3-5-7-14)16(19)13-8-10-15(21-2)11-9-13/h3-12,16,19H,1-2H3,(H,18,20)/t12-,16+/m0/s1. The molecule has 0 aliphatic carbocycles. The van der Waals surface area contributed by atoms with Crippen molar-refractivity contribution in [3.63, 3.8) is 0 Å². The van der Waals surface area contributed by atoms with E-state index in [-0.39, 0.29) is 5.91 Å². The van der Waals surface area contributed by atoms with Crippen LogP contribution in [0, 0.1) is 5.92 Å². The topological polar surface area (TPSA) is 58.6 Å². The number of nitrogens with one attached hydrogen (secondary N) is 1. The molecule has 4 nitrogen and oxygen atoms in total. The molecule has 0 aliphatic heterocycles. The van der Waals surface area contributed by atoms with Gasteiger partial charge in [0.25, 0.3) is 0 Å². The van der Waals surface area contributed by atoms with Crippen molar-refractivity contribution >= 4 is 11.6 Å². The van der Waals surface area contributed by atoms with Crippen molar-refractivity contribution in [2.24, 2.45) is 5.92 Å². The lowest BCUT2D eigenvalue weighted by Crippen LogP contribution is -2.25. The molecule has 0 spiro atoms. The molecule has 2 rings (SSSR count). The minimum atomic E-state index is -0.861. The summed E-state index contributed by atoms with van der Waals surface area (Å²) in [5.74, 6) is -0.0598. The van der Waals surface area contributed by atoms with Crippen LogP contribution in [0.15, 0.2) is 54.6 Å². The number of carbonyl (C=O) groups is 1. The Morgan fingerprint density at radius 2 is 1.71 bits per heavy atom. The van der Waals surface area contributed by atoms with E-state index >= 15 is 0 Å². The number of aliphatic hydroxyl groups excluding tert-OH is 1. The molecular formula is C17H19NO3. The number of benzene rings is 2. The third-order valence-corrected chi connectivity index (χ3v) is 3.39.